The van der Waals surface area contributed by atoms with Gasteiger partial charge in [0.05, 0.1) is 12.7 Å². The van der Waals surface area contributed by atoms with Crippen LogP contribution in [0.15, 0.2) is 30.3 Å². The highest BCUT2D eigenvalue weighted by molar-refractivity contribution is 5.19. The molecule has 3 nitrogen and oxygen atoms in total. The molecule has 1 heterocycles. The monoisotopic (exact) mass is 235 g/mol. The van der Waals surface area contributed by atoms with E-state index in [2.05, 4.69) is 4.90 Å². The standard InChI is InChI=1S/C14H21NO2/c16-11-10-15-9-5-4-8-13(15)14(17)12-6-2-1-3-7-12/h1-3,6-7,13-14,16-17H,4-5,8-11H2. The predicted octanol–water partition coefficient (Wildman–Crippen LogP) is 1.57. The molecule has 0 aliphatic carbocycles. The van der Waals surface area contributed by atoms with Crippen LogP contribution in [0.5, 0.6) is 0 Å². The van der Waals surface area contributed by atoms with E-state index in [0.29, 0.717) is 6.54 Å². The largest absolute Gasteiger partial charge is 0.395 e. The number of rotatable bonds is 4. The molecule has 1 fully saturated rings. The van der Waals surface area contributed by atoms with Crippen LogP contribution in [-0.2, 0) is 0 Å². The van der Waals surface area contributed by atoms with E-state index in [9.17, 15) is 5.11 Å². The second-order valence-electron chi connectivity index (χ2n) is 4.68. The number of aliphatic hydroxyl groups excluding tert-OH is 2. The maximum absolute atomic E-state index is 10.4. The van der Waals surface area contributed by atoms with Crippen molar-refractivity contribution in [1.82, 2.24) is 4.90 Å². The molecule has 1 saturated heterocycles. The molecule has 94 valence electrons. The van der Waals surface area contributed by atoms with Crippen molar-refractivity contribution < 1.29 is 10.2 Å². The van der Waals surface area contributed by atoms with Crippen molar-refractivity contribution in [3.8, 4) is 0 Å². The molecule has 1 aliphatic rings. The Bertz CT molecular complexity index is 326. The molecule has 1 aliphatic heterocycles. The summed E-state index contributed by atoms with van der Waals surface area (Å²) < 4.78 is 0. The summed E-state index contributed by atoms with van der Waals surface area (Å²) >= 11 is 0. The highest BCUT2D eigenvalue weighted by Gasteiger charge is 2.28. The average Bonchev–Trinajstić information content (AvgIpc) is 2.40. The molecule has 2 rings (SSSR count). The van der Waals surface area contributed by atoms with E-state index in [-0.39, 0.29) is 12.6 Å². The lowest BCUT2D eigenvalue weighted by Gasteiger charge is -2.38. The fourth-order valence-corrected chi connectivity index (χ4v) is 2.65. The van der Waals surface area contributed by atoms with E-state index in [4.69, 9.17) is 5.11 Å². The van der Waals surface area contributed by atoms with Gasteiger partial charge in [0.2, 0.25) is 0 Å². The quantitative estimate of drug-likeness (QED) is 0.832. The number of hydrogen-bond donors (Lipinski definition) is 2. The van der Waals surface area contributed by atoms with Crippen LogP contribution >= 0.6 is 0 Å². The van der Waals surface area contributed by atoms with Gasteiger partial charge in [0, 0.05) is 12.6 Å². The number of likely N-dealkylation sites (tertiary alicyclic amines) is 1. The molecule has 2 unspecified atom stereocenters. The maximum atomic E-state index is 10.4. The molecular formula is C14H21NO2. The Morgan fingerprint density at radius 3 is 2.71 bits per heavy atom. The van der Waals surface area contributed by atoms with E-state index in [1.807, 2.05) is 30.3 Å². The van der Waals surface area contributed by atoms with Gasteiger partial charge in [0.15, 0.2) is 0 Å². The minimum Gasteiger partial charge on any atom is -0.395 e. The molecule has 0 bridgehead atoms. The Kier molecular flexibility index (Phi) is 4.54. The van der Waals surface area contributed by atoms with Crippen LogP contribution in [0.25, 0.3) is 0 Å². The van der Waals surface area contributed by atoms with Crippen LogP contribution in [-0.4, -0.2) is 40.9 Å². The van der Waals surface area contributed by atoms with Crippen molar-refractivity contribution in [2.24, 2.45) is 0 Å². The number of hydrogen-bond acceptors (Lipinski definition) is 3. The summed E-state index contributed by atoms with van der Waals surface area (Å²) in [5.74, 6) is 0. The van der Waals surface area contributed by atoms with Gasteiger partial charge in [0.1, 0.15) is 0 Å². The van der Waals surface area contributed by atoms with Crippen molar-refractivity contribution in [2.45, 2.75) is 31.4 Å². The third-order valence-corrected chi connectivity index (χ3v) is 3.56. The number of piperidine rings is 1. The van der Waals surface area contributed by atoms with Crippen molar-refractivity contribution in [1.29, 1.82) is 0 Å². The fraction of sp³-hybridized carbons (Fsp3) is 0.571. The molecular weight excluding hydrogens is 214 g/mol. The summed E-state index contributed by atoms with van der Waals surface area (Å²) in [5.41, 5.74) is 0.974. The summed E-state index contributed by atoms with van der Waals surface area (Å²) in [5, 5.41) is 19.5. The third kappa shape index (κ3) is 3.06. The molecule has 0 radical (unpaired) electrons. The van der Waals surface area contributed by atoms with E-state index in [1.54, 1.807) is 0 Å². The minimum absolute atomic E-state index is 0.151. The molecule has 1 aromatic rings. The first-order valence-corrected chi connectivity index (χ1v) is 6.41. The maximum Gasteiger partial charge on any atom is 0.0945 e. The summed E-state index contributed by atoms with van der Waals surface area (Å²) in [6, 6.07) is 9.96. The first-order valence-electron chi connectivity index (χ1n) is 6.41. The second-order valence-corrected chi connectivity index (χ2v) is 4.68. The summed E-state index contributed by atoms with van der Waals surface area (Å²) in [6.45, 7) is 1.81. The zero-order valence-electron chi connectivity index (χ0n) is 10.1. The van der Waals surface area contributed by atoms with Crippen LogP contribution in [0, 0.1) is 0 Å². The first-order chi connectivity index (χ1) is 8.33. The van der Waals surface area contributed by atoms with Crippen LogP contribution in [0.4, 0.5) is 0 Å². The van der Waals surface area contributed by atoms with Crippen molar-refractivity contribution in [3.63, 3.8) is 0 Å². The predicted molar refractivity (Wildman–Crippen MR) is 67.7 cm³/mol. The minimum atomic E-state index is -0.442. The smallest absolute Gasteiger partial charge is 0.0945 e. The summed E-state index contributed by atoms with van der Waals surface area (Å²) in [6.07, 6.45) is 2.90. The van der Waals surface area contributed by atoms with Crippen LogP contribution in [0.3, 0.4) is 0 Å². The van der Waals surface area contributed by atoms with Gasteiger partial charge in [-0.3, -0.25) is 4.90 Å². The van der Waals surface area contributed by atoms with Crippen LogP contribution < -0.4 is 0 Å². The normalized spacial score (nSPS) is 23.5. The molecule has 1 aromatic carbocycles. The highest BCUT2D eigenvalue weighted by atomic mass is 16.3. The van der Waals surface area contributed by atoms with E-state index < -0.39 is 6.10 Å². The lowest BCUT2D eigenvalue weighted by molar-refractivity contribution is 0.0166. The Labute approximate surface area is 103 Å². The van der Waals surface area contributed by atoms with Crippen molar-refractivity contribution in [2.75, 3.05) is 19.7 Å². The average molecular weight is 235 g/mol. The number of nitrogens with zero attached hydrogens (tertiary/aromatic N) is 1. The van der Waals surface area contributed by atoms with Crippen molar-refractivity contribution in [3.05, 3.63) is 35.9 Å². The summed E-state index contributed by atoms with van der Waals surface area (Å²) in [7, 11) is 0. The van der Waals surface area contributed by atoms with Crippen LogP contribution in [0.2, 0.25) is 0 Å². The third-order valence-electron chi connectivity index (χ3n) is 3.56. The zero-order chi connectivity index (χ0) is 12.1. The van der Waals surface area contributed by atoms with Gasteiger partial charge in [-0.1, -0.05) is 36.8 Å². The topological polar surface area (TPSA) is 43.7 Å². The molecule has 0 amide bonds. The SMILES string of the molecule is OCCN1CCCCC1C(O)c1ccccc1. The molecule has 17 heavy (non-hydrogen) atoms. The zero-order valence-corrected chi connectivity index (χ0v) is 10.1. The fourth-order valence-electron chi connectivity index (χ4n) is 2.65. The molecule has 0 spiro atoms. The lowest BCUT2D eigenvalue weighted by Crippen LogP contribution is -2.44. The molecule has 0 saturated carbocycles. The Balaban J connectivity index is 2.08. The van der Waals surface area contributed by atoms with Gasteiger partial charge in [-0.05, 0) is 24.9 Å². The van der Waals surface area contributed by atoms with Gasteiger partial charge < -0.3 is 10.2 Å². The Hall–Kier alpha value is -0.900. The van der Waals surface area contributed by atoms with Crippen LogP contribution in [0.1, 0.15) is 30.9 Å². The van der Waals surface area contributed by atoms with Gasteiger partial charge in [-0.2, -0.15) is 0 Å². The number of aliphatic hydroxyl groups is 2. The lowest BCUT2D eigenvalue weighted by atomic mass is 9.93. The molecule has 3 heteroatoms. The van der Waals surface area contributed by atoms with E-state index in [1.165, 1.54) is 0 Å². The number of benzene rings is 1. The molecule has 2 atom stereocenters. The van der Waals surface area contributed by atoms with Gasteiger partial charge in [-0.15, -0.1) is 0 Å². The van der Waals surface area contributed by atoms with Gasteiger partial charge in [-0.25, -0.2) is 0 Å². The van der Waals surface area contributed by atoms with E-state index in [0.717, 1.165) is 31.4 Å². The summed E-state index contributed by atoms with van der Waals surface area (Å²) in [4.78, 5) is 2.21. The molecule has 0 aromatic heterocycles. The van der Waals surface area contributed by atoms with Gasteiger partial charge >= 0.3 is 0 Å². The van der Waals surface area contributed by atoms with Crippen molar-refractivity contribution >= 4 is 0 Å². The Morgan fingerprint density at radius 2 is 2.00 bits per heavy atom. The molecule has 2 N–H and O–H groups in total. The highest BCUT2D eigenvalue weighted by Crippen LogP contribution is 2.28. The number of β-amino-alcohol motifs (C(OH)–C–C–N with tert-alkyl or cyclic N) is 1. The first kappa shape index (κ1) is 12.6. The Morgan fingerprint density at radius 1 is 1.24 bits per heavy atom. The van der Waals surface area contributed by atoms with E-state index >= 15 is 0 Å². The second kappa shape index (κ2) is 6.15. The van der Waals surface area contributed by atoms with Gasteiger partial charge in [0.25, 0.3) is 0 Å².